The highest BCUT2D eigenvalue weighted by molar-refractivity contribution is 6.14. The molecule has 0 aliphatic heterocycles. The Bertz CT molecular complexity index is 3000. The number of anilines is 3. The average molecular weight is 742 g/mol. The van der Waals surface area contributed by atoms with Crippen LogP contribution in [0.1, 0.15) is 65.5 Å². The Balaban J connectivity index is 1.16. The van der Waals surface area contributed by atoms with Crippen LogP contribution < -0.4 is 4.90 Å². The minimum atomic E-state index is -0.493. The van der Waals surface area contributed by atoms with Crippen molar-refractivity contribution >= 4 is 38.6 Å². The molecule has 276 valence electrons. The molecule has 12 rings (SSSR count). The van der Waals surface area contributed by atoms with Crippen LogP contribution in [0.2, 0.25) is 0 Å². The van der Waals surface area contributed by atoms with E-state index in [2.05, 4.69) is 205 Å². The molecule has 0 N–H and O–H groups in total. The first-order valence-electron chi connectivity index (χ1n) is 21.1. The Kier molecular flexibility index (Phi) is 7.45. The van der Waals surface area contributed by atoms with Crippen molar-refractivity contribution in [2.75, 3.05) is 4.90 Å². The number of nitrogens with zero attached hydrogens (tertiary/aromatic N) is 1. The van der Waals surface area contributed by atoms with E-state index in [1.165, 1.54) is 121 Å². The summed E-state index contributed by atoms with van der Waals surface area (Å²) in [6.07, 6.45) is 6.25. The lowest BCUT2D eigenvalue weighted by molar-refractivity contribution is 0.353. The average Bonchev–Trinajstić information content (AvgIpc) is 3.74. The third-order valence-electron chi connectivity index (χ3n) is 13.9. The van der Waals surface area contributed by atoms with Gasteiger partial charge >= 0.3 is 0 Å². The first-order chi connectivity index (χ1) is 28.8. The maximum Gasteiger partial charge on any atom is 0.0714 e. The molecular weight excluding hydrogens is 699 g/mol. The Morgan fingerprint density at radius 2 is 0.845 bits per heavy atom. The molecule has 1 fully saturated rings. The second-order valence-electron chi connectivity index (χ2n) is 16.7. The van der Waals surface area contributed by atoms with Crippen LogP contribution in [0.5, 0.6) is 0 Å². The molecule has 0 radical (unpaired) electrons. The molecule has 1 saturated carbocycles. The highest BCUT2D eigenvalue weighted by Crippen LogP contribution is 2.59. The number of hydrogen-bond acceptors (Lipinski definition) is 1. The van der Waals surface area contributed by atoms with Crippen molar-refractivity contribution in [1.29, 1.82) is 0 Å². The van der Waals surface area contributed by atoms with Gasteiger partial charge < -0.3 is 4.90 Å². The number of fused-ring (bicyclic) bond motifs is 11. The van der Waals surface area contributed by atoms with Crippen molar-refractivity contribution in [1.82, 2.24) is 0 Å². The van der Waals surface area contributed by atoms with E-state index in [-0.39, 0.29) is 5.41 Å². The summed E-state index contributed by atoms with van der Waals surface area (Å²) in [4.78, 5) is 2.58. The van der Waals surface area contributed by atoms with E-state index in [9.17, 15) is 0 Å². The maximum atomic E-state index is 2.58. The van der Waals surface area contributed by atoms with Crippen LogP contribution in [0.15, 0.2) is 200 Å². The Morgan fingerprint density at radius 1 is 0.345 bits per heavy atom. The molecule has 0 heterocycles. The molecule has 9 aromatic carbocycles. The van der Waals surface area contributed by atoms with E-state index in [1.807, 2.05) is 0 Å². The minimum Gasteiger partial charge on any atom is -0.310 e. The van der Waals surface area contributed by atoms with Crippen LogP contribution in [0.4, 0.5) is 17.1 Å². The van der Waals surface area contributed by atoms with Gasteiger partial charge in [-0.2, -0.15) is 0 Å². The van der Waals surface area contributed by atoms with Gasteiger partial charge in [-0.3, -0.25) is 0 Å². The second kappa shape index (κ2) is 12.9. The van der Waals surface area contributed by atoms with Crippen molar-refractivity contribution in [3.8, 4) is 22.3 Å². The monoisotopic (exact) mass is 741 g/mol. The second-order valence-corrected chi connectivity index (χ2v) is 16.7. The highest BCUT2D eigenvalue weighted by atomic mass is 15.1. The number of rotatable bonds is 5. The van der Waals surface area contributed by atoms with E-state index in [4.69, 9.17) is 0 Å². The molecule has 3 aliphatic rings. The van der Waals surface area contributed by atoms with Crippen LogP contribution in [-0.4, -0.2) is 0 Å². The Morgan fingerprint density at radius 3 is 1.53 bits per heavy atom. The molecule has 0 atom stereocenters. The van der Waals surface area contributed by atoms with Crippen LogP contribution >= 0.6 is 0 Å². The summed E-state index contributed by atoms with van der Waals surface area (Å²) in [6, 6.07) is 75.7. The van der Waals surface area contributed by atoms with E-state index in [0.29, 0.717) is 0 Å². The van der Waals surface area contributed by atoms with Crippen molar-refractivity contribution < 1.29 is 0 Å². The molecule has 0 amide bonds. The summed E-state index contributed by atoms with van der Waals surface area (Å²) in [6.45, 7) is 0. The third-order valence-corrected chi connectivity index (χ3v) is 13.9. The van der Waals surface area contributed by atoms with Gasteiger partial charge in [-0.15, -0.1) is 0 Å². The summed E-state index contributed by atoms with van der Waals surface area (Å²) in [5.74, 6) is 0. The van der Waals surface area contributed by atoms with Gasteiger partial charge in [0.05, 0.1) is 11.1 Å². The molecule has 58 heavy (non-hydrogen) atoms. The summed E-state index contributed by atoms with van der Waals surface area (Å²) >= 11 is 0. The van der Waals surface area contributed by atoms with Gasteiger partial charge in [0.2, 0.25) is 0 Å². The minimum absolute atomic E-state index is 0.0483. The molecule has 9 aromatic rings. The molecule has 1 spiro atoms. The van der Waals surface area contributed by atoms with Gasteiger partial charge in [-0.25, -0.2) is 0 Å². The van der Waals surface area contributed by atoms with Gasteiger partial charge in [0, 0.05) is 22.2 Å². The van der Waals surface area contributed by atoms with Crippen molar-refractivity contribution in [2.24, 2.45) is 0 Å². The lowest BCUT2D eigenvalue weighted by Crippen LogP contribution is -2.29. The lowest BCUT2D eigenvalue weighted by atomic mass is 9.67. The van der Waals surface area contributed by atoms with Crippen molar-refractivity contribution in [3.63, 3.8) is 0 Å². The predicted octanol–water partition coefficient (Wildman–Crippen LogP) is 15.1. The summed E-state index contributed by atoms with van der Waals surface area (Å²) in [7, 11) is 0. The van der Waals surface area contributed by atoms with E-state index < -0.39 is 5.41 Å². The van der Waals surface area contributed by atoms with E-state index >= 15 is 0 Å². The van der Waals surface area contributed by atoms with E-state index in [0.717, 1.165) is 5.69 Å². The standard InChI is InChI=1S/C57H43N/c1-4-19-40(20-5-1)57(41-21-6-2-7-22-41)52-29-15-13-26-47(52)49-33-31-43(38-54(49)57)58(55-36-39-18-8-9-23-44(39)45-24-10-11-27-50(45)55)42-30-32-48-46-25-12-14-28-51(46)56(53(48)37-42)34-16-3-17-35-56/h1-2,4-15,18-33,36-38H,3,16-17,34-35H2. The Labute approximate surface area is 340 Å². The summed E-state index contributed by atoms with van der Waals surface area (Å²) in [5.41, 5.74) is 16.8. The van der Waals surface area contributed by atoms with Crippen LogP contribution in [0.25, 0.3) is 43.8 Å². The largest absolute Gasteiger partial charge is 0.310 e. The summed E-state index contributed by atoms with van der Waals surface area (Å²) < 4.78 is 0. The fourth-order valence-corrected chi connectivity index (χ4v) is 11.5. The van der Waals surface area contributed by atoms with E-state index in [1.54, 1.807) is 0 Å². The van der Waals surface area contributed by atoms with Crippen molar-refractivity contribution in [3.05, 3.63) is 234 Å². The Hall–Kier alpha value is -6.70. The van der Waals surface area contributed by atoms with Crippen LogP contribution in [0.3, 0.4) is 0 Å². The third kappa shape index (κ3) is 4.65. The zero-order valence-corrected chi connectivity index (χ0v) is 32.5. The molecular formula is C57H43N. The zero-order valence-electron chi connectivity index (χ0n) is 32.5. The van der Waals surface area contributed by atoms with Gasteiger partial charge in [-0.1, -0.05) is 189 Å². The molecule has 1 nitrogen and oxygen atoms in total. The molecule has 0 aromatic heterocycles. The van der Waals surface area contributed by atoms with Gasteiger partial charge in [-0.05, 0) is 115 Å². The lowest BCUT2D eigenvalue weighted by Gasteiger charge is -2.37. The van der Waals surface area contributed by atoms with Gasteiger partial charge in [0.1, 0.15) is 0 Å². The zero-order chi connectivity index (χ0) is 38.3. The molecule has 1 heteroatoms. The SMILES string of the molecule is c1ccc(C2(c3ccccc3)c3ccccc3-c3ccc(N(c4ccc5c(c4)C4(CCCCC4)c4ccccc4-5)c4cc5ccccc5c5ccccc45)cc32)cc1. The van der Waals surface area contributed by atoms with Crippen molar-refractivity contribution in [2.45, 2.75) is 42.9 Å². The van der Waals surface area contributed by atoms with Crippen LogP contribution in [-0.2, 0) is 10.8 Å². The van der Waals surface area contributed by atoms with Gasteiger partial charge in [0.25, 0.3) is 0 Å². The molecule has 0 unspecified atom stereocenters. The fourth-order valence-electron chi connectivity index (χ4n) is 11.5. The summed E-state index contributed by atoms with van der Waals surface area (Å²) in [5, 5.41) is 5.05. The number of benzene rings is 9. The quantitative estimate of drug-likeness (QED) is 0.159. The normalized spacial score (nSPS) is 15.5. The highest BCUT2D eigenvalue weighted by Gasteiger charge is 2.47. The molecule has 0 saturated heterocycles. The smallest absolute Gasteiger partial charge is 0.0714 e. The fraction of sp³-hybridized carbons (Fsp3) is 0.123. The predicted molar refractivity (Wildman–Crippen MR) is 243 cm³/mol. The molecule has 3 aliphatic carbocycles. The first kappa shape index (κ1) is 33.4. The first-order valence-corrected chi connectivity index (χ1v) is 21.1. The van der Waals surface area contributed by atoms with Crippen LogP contribution in [0, 0.1) is 0 Å². The maximum absolute atomic E-state index is 2.58. The topological polar surface area (TPSA) is 3.24 Å². The molecule has 0 bridgehead atoms. The number of hydrogen-bond donors (Lipinski definition) is 0. The van der Waals surface area contributed by atoms with Gasteiger partial charge in [0.15, 0.2) is 0 Å².